The molecule has 1 aromatic carbocycles. The summed E-state index contributed by atoms with van der Waals surface area (Å²) in [5.74, 6) is -2.61. The zero-order valence-corrected chi connectivity index (χ0v) is 12.1. The summed E-state index contributed by atoms with van der Waals surface area (Å²) < 4.78 is 0. The van der Waals surface area contributed by atoms with Gasteiger partial charge in [-0.15, -0.1) is 0 Å². The van der Waals surface area contributed by atoms with Gasteiger partial charge in [-0.1, -0.05) is 30.5 Å². The molecule has 1 aromatic rings. The van der Waals surface area contributed by atoms with Crippen LogP contribution in [-0.4, -0.2) is 11.9 Å². The lowest BCUT2D eigenvalue weighted by atomic mass is 9.78. The van der Waals surface area contributed by atoms with Crippen molar-refractivity contribution in [2.45, 2.75) is 32.6 Å². The van der Waals surface area contributed by atoms with Crippen LogP contribution in [0, 0.1) is 18.8 Å². The second kappa shape index (κ2) is 6.27. The fraction of sp³-hybridized carbons (Fsp3) is 0.467. The van der Waals surface area contributed by atoms with Gasteiger partial charge in [0, 0.05) is 28.5 Å². The number of benzene rings is 1. The van der Waals surface area contributed by atoms with Gasteiger partial charge in [0.15, 0.2) is 0 Å². The van der Waals surface area contributed by atoms with Crippen LogP contribution >= 0.6 is 11.6 Å². The standard InChI is InChI=1S/C15H18ClNO3/c1-9-6-7-10(8-13(9)16)17-14(18)11-4-2-3-5-12(11)15(19)20/h6-8,11-12H,2-5H2,1H3,(H,17,18)(H,19,20)/p-1/t11-,12-/m0/s1. The summed E-state index contributed by atoms with van der Waals surface area (Å²) in [6.07, 6.45) is 2.80. The Morgan fingerprint density at radius 2 is 1.90 bits per heavy atom. The summed E-state index contributed by atoms with van der Waals surface area (Å²) in [5, 5.41) is 14.4. The lowest BCUT2D eigenvalue weighted by Crippen LogP contribution is -2.42. The van der Waals surface area contributed by atoms with E-state index in [0.29, 0.717) is 23.6 Å². The van der Waals surface area contributed by atoms with E-state index in [0.717, 1.165) is 18.4 Å². The zero-order valence-electron chi connectivity index (χ0n) is 11.3. The normalized spacial score (nSPS) is 22.3. The number of nitrogens with one attached hydrogen (secondary N) is 1. The van der Waals surface area contributed by atoms with Crippen molar-refractivity contribution in [3.05, 3.63) is 28.8 Å². The molecule has 2 rings (SSSR count). The van der Waals surface area contributed by atoms with Gasteiger partial charge in [-0.05, 0) is 37.5 Å². The van der Waals surface area contributed by atoms with Gasteiger partial charge in [-0.3, -0.25) is 4.79 Å². The molecular formula is C15H17ClNO3-. The molecule has 0 bridgehead atoms. The summed E-state index contributed by atoms with van der Waals surface area (Å²) in [6, 6.07) is 5.25. The highest BCUT2D eigenvalue weighted by molar-refractivity contribution is 6.31. The molecule has 1 aliphatic carbocycles. The minimum atomic E-state index is -1.13. The SMILES string of the molecule is Cc1ccc(NC(=O)[C@H]2CCCC[C@@H]2C(=O)[O-])cc1Cl. The molecule has 108 valence electrons. The van der Waals surface area contributed by atoms with Crippen LogP contribution in [0.25, 0.3) is 0 Å². The highest BCUT2D eigenvalue weighted by Crippen LogP contribution is 2.31. The number of carbonyl (C=O) groups is 2. The van der Waals surface area contributed by atoms with Gasteiger partial charge in [0.2, 0.25) is 5.91 Å². The molecule has 1 aliphatic rings. The quantitative estimate of drug-likeness (QED) is 0.928. The smallest absolute Gasteiger partial charge is 0.228 e. The Morgan fingerprint density at radius 3 is 2.50 bits per heavy atom. The maximum atomic E-state index is 12.2. The van der Waals surface area contributed by atoms with Gasteiger partial charge < -0.3 is 15.2 Å². The Bertz CT molecular complexity index is 530. The van der Waals surface area contributed by atoms with Crippen molar-refractivity contribution in [1.82, 2.24) is 0 Å². The third-order valence-corrected chi connectivity index (χ3v) is 4.25. The highest BCUT2D eigenvalue weighted by Gasteiger charge is 2.31. The lowest BCUT2D eigenvalue weighted by molar-refractivity contribution is -0.313. The molecule has 0 heterocycles. The molecule has 1 fully saturated rings. The topological polar surface area (TPSA) is 69.2 Å². The minimum absolute atomic E-state index is 0.265. The first-order chi connectivity index (χ1) is 9.49. The first kappa shape index (κ1) is 14.9. The van der Waals surface area contributed by atoms with E-state index in [1.807, 2.05) is 13.0 Å². The van der Waals surface area contributed by atoms with E-state index in [4.69, 9.17) is 11.6 Å². The Hall–Kier alpha value is -1.55. The van der Waals surface area contributed by atoms with E-state index in [-0.39, 0.29) is 5.91 Å². The Kier molecular flexibility index (Phi) is 4.65. The number of anilines is 1. The van der Waals surface area contributed by atoms with Crippen LogP contribution in [0.15, 0.2) is 18.2 Å². The van der Waals surface area contributed by atoms with E-state index in [2.05, 4.69) is 5.32 Å². The van der Waals surface area contributed by atoms with Crippen LogP contribution in [0.4, 0.5) is 5.69 Å². The van der Waals surface area contributed by atoms with Crippen LogP contribution in [0.5, 0.6) is 0 Å². The number of hydrogen-bond donors (Lipinski definition) is 1. The van der Waals surface area contributed by atoms with Gasteiger partial charge >= 0.3 is 0 Å². The van der Waals surface area contributed by atoms with Crippen LogP contribution < -0.4 is 10.4 Å². The lowest BCUT2D eigenvalue weighted by Gasteiger charge is -2.31. The second-order valence-corrected chi connectivity index (χ2v) is 5.68. The highest BCUT2D eigenvalue weighted by atomic mass is 35.5. The molecule has 0 spiro atoms. The maximum absolute atomic E-state index is 12.2. The molecule has 5 heteroatoms. The van der Waals surface area contributed by atoms with Gasteiger partial charge in [0.25, 0.3) is 0 Å². The number of carboxylic acids is 1. The molecule has 1 saturated carbocycles. The molecule has 4 nitrogen and oxygen atoms in total. The van der Waals surface area contributed by atoms with Gasteiger partial charge in [-0.2, -0.15) is 0 Å². The Labute approximate surface area is 123 Å². The van der Waals surface area contributed by atoms with E-state index in [9.17, 15) is 14.7 Å². The van der Waals surface area contributed by atoms with Crippen molar-refractivity contribution in [1.29, 1.82) is 0 Å². The van der Waals surface area contributed by atoms with E-state index >= 15 is 0 Å². The summed E-state index contributed by atoms with van der Waals surface area (Å²) in [7, 11) is 0. The number of carbonyl (C=O) groups excluding carboxylic acids is 2. The summed E-state index contributed by atoms with van der Waals surface area (Å²) in [4.78, 5) is 23.3. The number of aliphatic carboxylic acids is 1. The molecule has 0 aromatic heterocycles. The number of carboxylic acid groups (broad SMARTS) is 1. The first-order valence-electron chi connectivity index (χ1n) is 6.77. The van der Waals surface area contributed by atoms with Gasteiger partial charge in [-0.25, -0.2) is 0 Å². The van der Waals surface area contributed by atoms with Gasteiger partial charge in [0.1, 0.15) is 0 Å². The van der Waals surface area contributed by atoms with Crippen LogP contribution in [0.2, 0.25) is 5.02 Å². The zero-order chi connectivity index (χ0) is 14.7. The molecule has 1 amide bonds. The molecule has 0 radical (unpaired) electrons. The monoisotopic (exact) mass is 294 g/mol. The molecule has 0 saturated heterocycles. The first-order valence-corrected chi connectivity index (χ1v) is 7.14. The molecule has 1 N–H and O–H groups in total. The number of rotatable bonds is 3. The third kappa shape index (κ3) is 3.31. The largest absolute Gasteiger partial charge is 0.550 e. The van der Waals surface area contributed by atoms with E-state index < -0.39 is 17.8 Å². The van der Waals surface area contributed by atoms with Crippen molar-refractivity contribution in [3.8, 4) is 0 Å². The number of halogens is 1. The van der Waals surface area contributed by atoms with Crippen LogP contribution in [0.3, 0.4) is 0 Å². The summed E-state index contributed by atoms with van der Waals surface area (Å²) >= 11 is 6.01. The number of aryl methyl sites for hydroxylation is 1. The second-order valence-electron chi connectivity index (χ2n) is 5.27. The predicted molar refractivity (Wildman–Crippen MR) is 75.3 cm³/mol. The van der Waals surface area contributed by atoms with Crippen molar-refractivity contribution < 1.29 is 14.7 Å². The Balaban J connectivity index is 2.09. The fourth-order valence-corrected chi connectivity index (χ4v) is 2.81. The maximum Gasteiger partial charge on any atom is 0.228 e. The average molecular weight is 295 g/mol. The predicted octanol–water partition coefficient (Wildman–Crippen LogP) is 2.14. The number of hydrogen-bond acceptors (Lipinski definition) is 3. The molecule has 2 atom stereocenters. The molecule has 0 unspecified atom stereocenters. The van der Waals surface area contributed by atoms with Crippen molar-refractivity contribution in [2.75, 3.05) is 5.32 Å². The van der Waals surface area contributed by atoms with Crippen molar-refractivity contribution in [2.24, 2.45) is 11.8 Å². The molecule has 0 aliphatic heterocycles. The average Bonchev–Trinajstić information content (AvgIpc) is 2.43. The van der Waals surface area contributed by atoms with E-state index in [1.165, 1.54) is 0 Å². The Morgan fingerprint density at radius 1 is 1.25 bits per heavy atom. The summed E-state index contributed by atoms with van der Waals surface area (Å²) in [6.45, 7) is 1.88. The third-order valence-electron chi connectivity index (χ3n) is 3.84. The number of amides is 1. The molecule has 20 heavy (non-hydrogen) atoms. The van der Waals surface area contributed by atoms with Crippen LogP contribution in [-0.2, 0) is 9.59 Å². The van der Waals surface area contributed by atoms with Crippen molar-refractivity contribution in [3.63, 3.8) is 0 Å². The summed E-state index contributed by atoms with van der Waals surface area (Å²) in [5.41, 5.74) is 1.52. The molecular weight excluding hydrogens is 278 g/mol. The van der Waals surface area contributed by atoms with Crippen molar-refractivity contribution >= 4 is 29.2 Å². The van der Waals surface area contributed by atoms with Crippen LogP contribution in [0.1, 0.15) is 31.2 Å². The minimum Gasteiger partial charge on any atom is -0.550 e. The van der Waals surface area contributed by atoms with Gasteiger partial charge in [0.05, 0.1) is 0 Å². The fourth-order valence-electron chi connectivity index (χ4n) is 2.63. The van der Waals surface area contributed by atoms with E-state index in [1.54, 1.807) is 12.1 Å².